The fraction of sp³-hybridized carbons (Fsp3) is 0.273. The number of halogens is 1. The van der Waals surface area contributed by atoms with Crippen LogP contribution in [0.25, 0.3) is 10.9 Å². The Morgan fingerprint density at radius 1 is 1.16 bits per heavy atom. The molecule has 0 spiro atoms. The highest BCUT2D eigenvalue weighted by Gasteiger charge is 2.56. The van der Waals surface area contributed by atoms with Crippen molar-refractivity contribution in [1.82, 2.24) is 14.5 Å². The van der Waals surface area contributed by atoms with Crippen LogP contribution >= 0.6 is 15.9 Å². The molecule has 2 aliphatic rings. The molecule has 1 aromatic carbocycles. The monoisotopic (exact) mass is 481 g/mol. The van der Waals surface area contributed by atoms with E-state index in [-0.39, 0.29) is 24.2 Å². The summed E-state index contributed by atoms with van der Waals surface area (Å²) in [7, 11) is 0. The Morgan fingerprint density at radius 3 is 2.74 bits per heavy atom. The first-order valence-electron chi connectivity index (χ1n) is 10.0. The third kappa shape index (κ3) is 3.59. The van der Waals surface area contributed by atoms with Gasteiger partial charge in [-0.15, -0.1) is 0 Å². The van der Waals surface area contributed by atoms with Crippen molar-refractivity contribution in [2.24, 2.45) is 17.6 Å². The zero-order valence-corrected chi connectivity index (χ0v) is 18.1. The van der Waals surface area contributed by atoms with Crippen molar-refractivity contribution in [3.8, 4) is 0 Å². The zero-order chi connectivity index (χ0) is 21.7. The Labute approximate surface area is 186 Å². The van der Waals surface area contributed by atoms with Gasteiger partial charge in [0.2, 0.25) is 0 Å². The van der Waals surface area contributed by atoms with Crippen LogP contribution in [0, 0.1) is 11.8 Å². The van der Waals surface area contributed by atoms with Gasteiger partial charge < -0.3 is 16.0 Å². The molecule has 1 aliphatic carbocycles. The number of aromatic nitrogens is 2. The molecule has 3 atom stereocenters. The Hall–Kier alpha value is -3.20. The minimum Gasteiger partial charge on any atom is -0.351 e. The lowest BCUT2D eigenvalue weighted by Crippen LogP contribution is -2.46. The van der Waals surface area contributed by atoms with Gasteiger partial charge in [-0.3, -0.25) is 9.36 Å². The van der Waals surface area contributed by atoms with Crippen LogP contribution < -0.4 is 11.1 Å². The Kier molecular flexibility index (Phi) is 4.77. The van der Waals surface area contributed by atoms with E-state index < -0.39 is 12.1 Å². The van der Waals surface area contributed by atoms with Gasteiger partial charge in [-0.25, -0.2) is 14.6 Å². The number of hydrogen-bond donors (Lipinski definition) is 2. The van der Waals surface area contributed by atoms with Crippen molar-refractivity contribution >= 4 is 50.4 Å². The van der Waals surface area contributed by atoms with Gasteiger partial charge >= 0.3 is 12.1 Å². The summed E-state index contributed by atoms with van der Waals surface area (Å²) in [5, 5.41) is 3.59. The summed E-state index contributed by atoms with van der Waals surface area (Å²) in [6, 6.07) is 11.2. The molecule has 9 heteroatoms. The van der Waals surface area contributed by atoms with E-state index in [1.807, 2.05) is 30.3 Å². The number of nitrogens with two attached hydrogens (primary N) is 1. The molecule has 3 N–H and O–H groups in total. The van der Waals surface area contributed by atoms with Gasteiger partial charge in [0.25, 0.3) is 0 Å². The second-order valence-electron chi connectivity index (χ2n) is 8.05. The number of rotatable bonds is 4. The quantitative estimate of drug-likeness (QED) is 0.556. The largest absolute Gasteiger partial charge is 0.351 e. The van der Waals surface area contributed by atoms with Crippen LogP contribution in [-0.2, 0) is 11.2 Å². The van der Waals surface area contributed by atoms with Crippen LogP contribution in [0.1, 0.15) is 12.1 Å². The maximum atomic E-state index is 13.1. The second kappa shape index (κ2) is 7.49. The number of amides is 3. The van der Waals surface area contributed by atoms with E-state index in [2.05, 4.69) is 26.2 Å². The molecule has 3 amide bonds. The van der Waals surface area contributed by atoms with Crippen molar-refractivity contribution < 1.29 is 14.4 Å². The molecule has 31 heavy (non-hydrogen) atoms. The van der Waals surface area contributed by atoms with Gasteiger partial charge in [0.05, 0.1) is 23.7 Å². The van der Waals surface area contributed by atoms with Crippen LogP contribution in [0.5, 0.6) is 0 Å². The van der Waals surface area contributed by atoms with E-state index in [9.17, 15) is 14.4 Å². The standard InChI is InChI=1S/C22H20BrN5O3/c23-19-7-3-4-13(25-19)9-18(29)20-15-8-12(15)10-28(20)22(31)26-16-11-27(21(24)30)17-6-2-1-5-14(16)17/h1-7,11-12,15,20H,8-10H2,(H2,24,30)(H,26,31)/t12-,15-,20+/m1/s1. The SMILES string of the molecule is NC(=O)n1cc(NC(=O)N2C[C@H]3C[C@H]3[C@H]2C(=O)Cc2cccc(Br)n2)c2ccccc21. The fourth-order valence-electron chi connectivity index (χ4n) is 4.57. The number of pyridine rings is 1. The summed E-state index contributed by atoms with van der Waals surface area (Å²) in [5.41, 5.74) is 7.24. The van der Waals surface area contributed by atoms with E-state index >= 15 is 0 Å². The highest BCUT2D eigenvalue weighted by atomic mass is 79.9. The average Bonchev–Trinajstić information content (AvgIpc) is 3.24. The lowest BCUT2D eigenvalue weighted by molar-refractivity contribution is -0.122. The van der Waals surface area contributed by atoms with Crippen LogP contribution in [0.2, 0.25) is 0 Å². The molecule has 1 saturated heterocycles. The summed E-state index contributed by atoms with van der Waals surface area (Å²) in [5.74, 6) is 0.560. The van der Waals surface area contributed by atoms with E-state index in [0.717, 1.165) is 6.42 Å². The van der Waals surface area contributed by atoms with E-state index in [4.69, 9.17) is 5.73 Å². The van der Waals surface area contributed by atoms with Gasteiger partial charge in [0, 0.05) is 23.8 Å². The maximum Gasteiger partial charge on any atom is 0.323 e. The highest BCUT2D eigenvalue weighted by molar-refractivity contribution is 9.10. The lowest BCUT2D eigenvalue weighted by Gasteiger charge is -2.26. The fourth-order valence-corrected chi connectivity index (χ4v) is 4.95. The molecule has 0 bridgehead atoms. The molecular weight excluding hydrogens is 462 g/mol. The topological polar surface area (TPSA) is 110 Å². The number of likely N-dealkylation sites (tertiary alicyclic amines) is 1. The van der Waals surface area contributed by atoms with Gasteiger partial charge in [0.15, 0.2) is 5.78 Å². The number of nitrogens with one attached hydrogen (secondary N) is 1. The van der Waals surface area contributed by atoms with Crippen LogP contribution in [-0.4, -0.2) is 44.9 Å². The van der Waals surface area contributed by atoms with Crippen LogP contribution in [0.3, 0.4) is 0 Å². The number of primary amides is 1. The lowest BCUT2D eigenvalue weighted by atomic mass is 10.0. The van der Waals surface area contributed by atoms with Crippen molar-refractivity contribution in [3.05, 3.63) is 59.0 Å². The van der Waals surface area contributed by atoms with Crippen LogP contribution in [0.4, 0.5) is 15.3 Å². The van der Waals surface area contributed by atoms with Gasteiger partial charge in [-0.1, -0.05) is 24.3 Å². The maximum absolute atomic E-state index is 13.1. The number of carbonyl (C=O) groups is 3. The molecule has 1 aliphatic heterocycles. The molecule has 5 rings (SSSR count). The second-order valence-corrected chi connectivity index (χ2v) is 8.86. The van der Waals surface area contributed by atoms with E-state index in [1.54, 1.807) is 17.0 Å². The third-order valence-corrected chi connectivity index (χ3v) is 6.50. The van der Waals surface area contributed by atoms with Gasteiger partial charge in [-0.05, 0) is 52.4 Å². The number of ketones is 1. The predicted molar refractivity (Wildman–Crippen MR) is 119 cm³/mol. The number of fused-ring (bicyclic) bond motifs is 2. The summed E-state index contributed by atoms with van der Waals surface area (Å²) < 4.78 is 1.97. The van der Waals surface area contributed by atoms with E-state index in [0.29, 0.717) is 39.4 Å². The summed E-state index contributed by atoms with van der Waals surface area (Å²) in [6.45, 7) is 0.549. The predicted octanol–water partition coefficient (Wildman–Crippen LogP) is 3.39. The number of carbonyl (C=O) groups excluding carboxylic acids is 3. The number of benzene rings is 1. The first kappa shape index (κ1) is 19.7. The molecule has 8 nitrogen and oxygen atoms in total. The molecule has 0 radical (unpaired) electrons. The van der Waals surface area contributed by atoms with Crippen molar-refractivity contribution in [2.45, 2.75) is 18.9 Å². The molecule has 1 saturated carbocycles. The molecule has 158 valence electrons. The number of piperidine rings is 1. The number of Topliss-reactive ketones (excluding diaryl/α,β-unsaturated/α-hetero) is 1. The summed E-state index contributed by atoms with van der Waals surface area (Å²) in [4.78, 5) is 44.0. The minimum atomic E-state index is -0.631. The Balaban J connectivity index is 1.37. The van der Waals surface area contributed by atoms with Crippen molar-refractivity contribution in [1.29, 1.82) is 0 Å². The highest BCUT2D eigenvalue weighted by Crippen LogP contribution is 2.50. The van der Waals surface area contributed by atoms with E-state index in [1.165, 1.54) is 10.8 Å². The number of para-hydroxylation sites is 1. The molecule has 0 unspecified atom stereocenters. The third-order valence-electron chi connectivity index (χ3n) is 6.06. The number of hydrogen-bond acceptors (Lipinski definition) is 4. The van der Waals surface area contributed by atoms with Crippen molar-refractivity contribution in [2.75, 3.05) is 11.9 Å². The number of urea groups is 1. The molecular formula is C22H20BrN5O3. The Bertz CT molecular complexity index is 1220. The van der Waals surface area contributed by atoms with Crippen molar-refractivity contribution in [3.63, 3.8) is 0 Å². The van der Waals surface area contributed by atoms with Gasteiger partial charge in [-0.2, -0.15) is 0 Å². The average molecular weight is 482 g/mol. The number of anilines is 1. The Morgan fingerprint density at radius 2 is 1.97 bits per heavy atom. The number of nitrogens with zero attached hydrogens (tertiary/aromatic N) is 3. The normalized spacial score (nSPS) is 21.7. The molecule has 3 aromatic rings. The summed E-state index contributed by atoms with van der Waals surface area (Å²) in [6.07, 6.45) is 2.66. The molecule has 2 fully saturated rings. The molecule has 2 aromatic heterocycles. The van der Waals surface area contributed by atoms with Gasteiger partial charge in [0.1, 0.15) is 4.60 Å². The zero-order valence-electron chi connectivity index (χ0n) is 16.5. The first-order valence-corrected chi connectivity index (χ1v) is 10.8. The minimum absolute atomic E-state index is 0.00897. The summed E-state index contributed by atoms with van der Waals surface area (Å²) >= 11 is 3.33. The smallest absolute Gasteiger partial charge is 0.323 e. The van der Waals surface area contributed by atoms with Crippen LogP contribution in [0.15, 0.2) is 53.3 Å². The molecule has 3 heterocycles. The first-order chi connectivity index (χ1) is 14.9.